The Hall–Kier alpha value is -4.07. The summed E-state index contributed by atoms with van der Waals surface area (Å²) < 4.78 is 22.8. The maximum atomic E-state index is 14.9. The Kier molecular flexibility index (Phi) is 5.33. The Labute approximate surface area is 183 Å². The van der Waals surface area contributed by atoms with E-state index in [-0.39, 0.29) is 11.3 Å². The van der Waals surface area contributed by atoms with Crippen molar-refractivity contribution in [1.82, 2.24) is 19.5 Å². The standard InChI is InChI=1S/C24H20FN5O2/c25-19-15-21-18(14-17(19)16-6-8-26-9-7-16)24(31)29-22-5-3-4-20(28-22)23-27-10-12-30(23)11-1-2-13-32-21/h3-10,12,14-15H,1-2,11,13H2,(H,28,29,31). The van der Waals surface area contributed by atoms with Gasteiger partial charge in [0.2, 0.25) is 0 Å². The monoisotopic (exact) mass is 429 g/mol. The fraction of sp³-hybridized carbons (Fsp3) is 0.167. The number of halogens is 1. The topological polar surface area (TPSA) is 81.9 Å². The first kappa shape index (κ1) is 19.9. The lowest BCUT2D eigenvalue weighted by molar-refractivity contribution is 0.102. The molecule has 5 rings (SSSR count). The molecule has 3 aromatic heterocycles. The Morgan fingerprint density at radius 2 is 1.91 bits per heavy atom. The largest absolute Gasteiger partial charge is 0.493 e. The smallest absolute Gasteiger partial charge is 0.260 e. The van der Waals surface area contributed by atoms with Crippen LogP contribution in [0.4, 0.5) is 10.2 Å². The molecule has 8 heteroatoms. The number of rotatable bonds is 1. The van der Waals surface area contributed by atoms with Gasteiger partial charge in [-0.05, 0) is 48.7 Å². The summed E-state index contributed by atoms with van der Waals surface area (Å²) in [4.78, 5) is 26.1. The molecule has 0 fully saturated rings. The van der Waals surface area contributed by atoms with Gasteiger partial charge in [0.25, 0.3) is 5.91 Å². The number of benzene rings is 1. The van der Waals surface area contributed by atoms with E-state index in [2.05, 4.69) is 20.3 Å². The number of carbonyl (C=O) groups excluding carboxylic acids is 1. The summed E-state index contributed by atoms with van der Waals surface area (Å²) in [5.74, 6) is 0.420. The summed E-state index contributed by atoms with van der Waals surface area (Å²) in [6.07, 6.45) is 8.37. The molecule has 32 heavy (non-hydrogen) atoms. The number of pyridine rings is 2. The number of anilines is 1. The molecule has 4 heterocycles. The van der Waals surface area contributed by atoms with Gasteiger partial charge in [-0.2, -0.15) is 0 Å². The molecule has 0 saturated heterocycles. The third kappa shape index (κ3) is 3.94. The minimum absolute atomic E-state index is 0.203. The van der Waals surface area contributed by atoms with Crippen LogP contribution in [-0.4, -0.2) is 32.0 Å². The van der Waals surface area contributed by atoms with Crippen LogP contribution in [0.2, 0.25) is 0 Å². The number of hydrogen-bond acceptors (Lipinski definition) is 5. The second-order valence-corrected chi connectivity index (χ2v) is 7.43. The predicted octanol–water partition coefficient (Wildman–Crippen LogP) is 4.57. The first-order valence-electron chi connectivity index (χ1n) is 10.4. The zero-order valence-electron chi connectivity index (χ0n) is 17.2. The van der Waals surface area contributed by atoms with Crippen LogP contribution < -0.4 is 10.1 Å². The number of hydrogen-bond donors (Lipinski definition) is 1. The molecule has 0 aliphatic carbocycles. The van der Waals surface area contributed by atoms with Crippen LogP contribution in [0.15, 0.2) is 67.3 Å². The van der Waals surface area contributed by atoms with E-state index in [9.17, 15) is 9.18 Å². The molecular formula is C24H20FN5O2. The highest BCUT2D eigenvalue weighted by Crippen LogP contribution is 2.31. The molecule has 0 atom stereocenters. The lowest BCUT2D eigenvalue weighted by Gasteiger charge is -2.16. The molecule has 0 spiro atoms. The van der Waals surface area contributed by atoms with Crippen LogP contribution in [-0.2, 0) is 6.54 Å². The Bertz CT molecular complexity index is 1270. The summed E-state index contributed by atoms with van der Waals surface area (Å²) in [5, 5.41) is 2.81. The summed E-state index contributed by atoms with van der Waals surface area (Å²) in [7, 11) is 0. The second-order valence-electron chi connectivity index (χ2n) is 7.43. The molecule has 1 N–H and O–H groups in total. The molecule has 0 radical (unpaired) electrons. The highest BCUT2D eigenvalue weighted by atomic mass is 19.1. The maximum absolute atomic E-state index is 14.9. The lowest BCUT2D eigenvalue weighted by atomic mass is 10.0. The third-order valence-corrected chi connectivity index (χ3v) is 5.29. The van der Waals surface area contributed by atoms with E-state index >= 15 is 0 Å². The van der Waals surface area contributed by atoms with Gasteiger partial charge < -0.3 is 14.6 Å². The first-order chi connectivity index (χ1) is 15.7. The van der Waals surface area contributed by atoms with Crippen molar-refractivity contribution in [2.24, 2.45) is 0 Å². The molecule has 1 aliphatic heterocycles. The molecule has 1 aliphatic rings. The van der Waals surface area contributed by atoms with Crippen molar-refractivity contribution in [2.75, 3.05) is 11.9 Å². The summed E-state index contributed by atoms with van der Waals surface area (Å²) in [5.41, 5.74) is 1.83. The summed E-state index contributed by atoms with van der Waals surface area (Å²) in [6.45, 7) is 1.11. The highest BCUT2D eigenvalue weighted by Gasteiger charge is 2.20. The first-order valence-corrected chi connectivity index (χ1v) is 10.4. The van der Waals surface area contributed by atoms with Crippen LogP contribution >= 0.6 is 0 Å². The van der Waals surface area contributed by atoms with Crippen LogP contribution in [0.25, 0.3) is 22.6 Å². The molecule has 7 nitrogen and oxygen atoms in total. The van der Waals surface area contributed by atoms with Crippen LogP contribution in [0, 0.1) is 5.82 Å². The van der Waals surface area contributed by atoms with Crippen LogP contribution in [0.5, 0.6) is 5.75 Å². The number of ether oxygens (including phenoxy) is 1. The molecule has 1 amide bonds. The van der Waals surface area contributed by atoms with Gasteiger partial charge in [-0.3, -0.25) is 9.78 Å². The van der Waals surface area contributed by atoms with Crippen LogP contribution in [0.3, 0.4) is 0 Å². The minimum atomic E-state index is -0.466. The number of aromatic nitrogens is 4. The van der Waals surface area contributed by atoms with Gasteiger partial charge in [0.15, 0.2) is 5.82 Å². The number of aryl methyl sites for hydroxylation is 1. The summed E-state index contributed by atoms with van der Waals surface area (Å²) in [6, 6.07) is 11.5. The quantitative estimate of drug-likeness (QED) is 0.479. The number of amides is 1. The minimum Gasteiger partial charge on any atom is -0.493 e. The average molecular weight is 429 g/mol. The van der Waals surface area contributed by atoms with E-state index in [0.717, 1.165) is 25.2 Å². The zero-order valence-corrected chi connectivity index (χ0v) is 17.2. The van der Waals surface area contributed by atoms with Crippen molar-refractivity contribution in [3.05, 3.63) is 78.6 Å². The molecule has 4 aromatic rings. The van der Waals surface area contributed by atoms with Crippen molar-refractivity contribution in [2.45, 2.75) is 19.4 Å². The highest BCUT2D eigenvalue weighted by molar-refractivity contribution is 6.06. The molecule has 2 bridgehead atoms. The van der Waals surface area contributed by atoms with Gasteiger partial charge in [-0.15, -0.1) is 0 Å². The van der Waals surface area contributed by atoms with Crippen LogP contribution in [0.1, 0.15) is 23.2 Å². The molecular weight excluding hydrogens is 409 g/mol. The number of fused-ring (bicyclic) bond motifs is 5. The SMILES string of the molecule is O=C1Nc2cccc(n2)-c2nccn2CCCCOc2cc(F)c(-c3ccncc3)cc21. The predicted molar refractivity (Wildman–Crippen MR) is 118 cm³/mol. The van der Waals surface area contributed by atoms with Gasteiger partial charge >= 0.3 is 0 Å². The van der Waals surface area contributed by atoms with Crippen molar-refractivity contribution < 1.29 is 13.9 Å². The normalized spacial score (nSPS) is 13.8. The average Bonchev–Trinajstić information content (AvgIpc) is 3.28. The van der Waals surface area contributed by atoms with Gasteiger partial charge in [-0.25, -0.2) is 14.4 Å². The fourth-order valence-corrected chi connectivity index (χ4v) is 3.71. The van der Waals surface area contributed by atoms with Gasteiger partial charge in [0.05, 0.1) is 12.2 Å². The van der Waals surface area contributed by atoms with Gasteiger partial charge in [0.1, 0.15) is 23.1 Å². The van der Waals surface area contributed by atoms with E-state index in [0.29, 0.717) is 29.2 Å². The second kappa shape index (κ2) is 8.58. The maximum Gasteiger partial charge on any atom is 0.260 e. The van der Waals surface area contributed by atoms with Gasteiger partial charge in [-0.1, -0.05) is 6.07 Å². The summed E-state index contributed by atoms with van der Waals surface area (Å²) >= 11 is 0. The van der Waals surface area contributed by atoms with E-state index in [1.54, 1.807) is 36.8 Å². The van der Waals surface area contributed by atoms with E-state index < -0.39 is 11.7 Å². The lowest BCUT2D eigenvalue weighted by Crippen LogP contribution is -2.16. The van der Waals surface area contributed by atoms with Crippen molar-refractivity contribution in [1.29, 1.82) is 0 Å². The van der Waals surface area contributed by atoms with E-state index in [4.69, 9.17) is 4.74 Å². The van der Waals surface area contributed by atoms with Gasteiger partial charge in [0, 0.05) is 43.0 Å². The molecule has 0 unspecified atom stereocenters. The number of imidazole rings is 1. The molecule has 0 saturated carbocycles. The third-order valence-electron chi connectivity index (χ3n) is 5.29. The number of carbonyl (C=O) groups is 1. The zero-order chi connectivity index (χ0) is 21.9. The number of nitrogens with zero attached hydrogens (tertiary/aromatic N) is 4. The Balaban J connectivity index is 1.57. The van der Waals surface area contributed by atoms with Crippen molar-refractivity contribution in [3.63, 3.8) is 0 Å². The van der Waals surface area contributed by atoms with E-state index in [1.807, 2.05) is 22.9 Å². The van der Waals surface area contributed by atoms with Crippen molar-refractivity contribution in [3.8, 4) is 28.4 Å². The molecule has 1 aromatic carbocycles. The van der Waals surface area contributed by atoms with Crippen molar-refractivity contribution >= 4 is 11.7 Å². The fourth-order valence-electron chi connectivity index (χ4n) is 3.71. The Morgan fingerprint density at radius 1 is 1.03 bits per heavy atom. The Morgan fingerprint density at radius 3 is 2.78 bits per heavy atom. The number of nitrogens with one attached hydrogen (secondary N) is 1. The molecule has 160 valence electrons. The van der Waals surface area contributed by atoms with E-state index in [1.165, 1.54) is 12.1 Å².